The zero-order chi connectivity index (χ0) is 8.10. The van der Waals surface area contributed by atoms with Gasteiger partial charge in [-0.2, -0.15) is 0 Å². The van der Waals surface area contributed by atoms with Crippen molar-refractivity contribution in [1.82, 2.24) is 9.59 Å². The van der Waals surface area contributed by atoms with Gasteiger partial charge in [0.1, 0.15) is 10.7 Å². The fraction of sp³-hybridized carbons (Fsp3) is 0.667. The molecule has 11 heavy (non-hydrogen) atoms. The molecule has 1 heterocycles. The quantitative estimate of drug-likeness (QED) is 0.741. The lowest BCUT2D eigenvalue weighted by Crippen LogP contribution is -1.96. The normalized spacial score (nSPS) is 10.0. The van der Waals surface area contributed by atoms with Gasteiger partial charge in [-0.05, 0) is 6.92 Å². The Kier molecular flexibility index (Phi) is 3.25. The van der Waals surface area contributed by atoms with Gasteiger partial charge in [0.15, 0.2) is 0 Å². The first kappa shape index (κ1) is 8.42. The number of aromatic nitrogens is 2. The van der Waals surface area contributed by atoms with Crippen LogP contribution in [0.15, 0.2) is 0 Å². The number of ether oxygens (including phenoxy) is 1. The van der Waals surface area contributed by atoms with E-state index in [4.69, 9.17) is 4.74 Å². The maximum Gasteiger partial charge on any atom is 0.135 e. The van der Waals surface area contributed by atoms with Crippen LogP contribution >= 0.6 is 11.5 Å². The van der Waals surface area contributed by atoms with Gasteiger partial charge in [-0.15, -0.1) is 5.10 Å². The second kappa shape index (κ2) is 4.25. The molecule has 0 bridgehead atoms. The van der Waals surface area contributed by atoms with Crippen LogP contribution in [0.2, 0.25) is 0 Å². The van der Waals surface area contributed by atoms with E-state index in [0.29, 0.717) is 13.2 Å². The molecule has 0 aliphatic rings. The molecule has 4 nitrogen and oxygen atoms in total. The zero-order valence-electron chi connectivity index (χ0n) is 6.63. The van der Waals surface area contributed by atoms with Crippen molar-refractivity contribution in [2.24, 2.45) is 0 Å². The third-order valence-electron chi connectivity index (χ3n) is 1.23. The summed E-state index contributed by atoms with van der Waals surface area (Å²) in [4.78, 5) is 0. The van der Waals surface area contributed by atoms with Crippen LogP contribution < -0.4 is 5.32 Å². The van der Waals surface area contributed by atoms with E-state index in [1.807, 2.05) is 14.0 Å². The zero-order valence-corrected chi connectivity index (χ0v) is 7.44. The van der Waals surface area contributed by atoms with Crippen LogP contribution in [-0.2, 0) is 11.3 Å². The van der Waals surface area contributed by atoms with Gasteiger partial charge >= 0.3 is 0 Å². The Labute approximate surface area is 69.7 Å². The first-order valence-electron chi connectivity index (χ1n) is 3.45. The number of anilines is 1. The van der Waals surface area contributed by atoms with Gasteiger partial charge in [0.2, 0.25) is 0 Å². The Morgan fingerprint density at radius 3 is 3.09 bits per heavy atom. The van der Waals surface area contributed by atoms with Crippen LogP contribution in [0.1, 0.15) is 12.6 Å². The van der Waals surface area contributed by atoms with Crippen molar-refractivity contribution in [1.29, 1.82) is 0 Å². The summed E-state index contributed by atoms with van der Waals surface area (Å²) in [6.45, 7) is 3.21. The summed E-state index contributed by atoms with van der Waals surface area (Å²) in [5.74, 6) is 0. The lowest BCUT2D eigenvalue weighted by molar-refractivity contribution is 0.131. The first-order valence-corrected chi connectivity index (χ1v) is 4.22. The summed E-state index contributed by atoms with van der Waals surface area (Å²) in [6.07, 6.45) is 0. The van der Waals surface area contributed by atoms with E-state index in [1.54, 1.807) is 0 Å². The van der Waals surface area contributed by atoms with Crippen molar-refractivity contribution >= 4 is 16.5 Å². The largest absolute Gasteiger partial charge is 0.377 e. The smallest absolute Gasteiger partial charge is 0.135 e. The molecular weight excluding hydrogens is 162 g/mol. The van der Waals surface area contributed by atoms with Crippen molar-refractivity contribution < 1.29 is 4.74 Å². The molecule has 0 unspecified atom stereocenters. The third kappa shape index (κ3) is 2.13. The van der Waals surface area contributed by atoms with Crippen molar-refractivity contribution in [3.8, 4) is 0 Å². The molecule has 0 radical (unpaired) electrons. The highest BCUT2D eigenvalue weighted by molar-refractivity contribution is 7.10. The van der Waals surface area contributed by atoms with Gasteiger partial charge in [0, 0.05) is 25.2 Å². The maximum absolute atomic E-state index is 5.18. The molecule has 1 N–H and O–H groups in total. The average Bonchev–Trinajstić information content (AvgIpc) is 2.47. The Morgan fingerprint density at radius 1 is 1.64 bits per heavy atom. The molecular formula is C6H11N3OS. The van der Waals surface area contributed by atoms with Gasteiger partial charge in [0.25, 0.3) is 0 Å². The molecule has 0 saturated carbocycles. The van der Waals surface area contributed by atoms with Crippen LogP contribution in [0.4, 0.5) is 5.00 Å². The van der Waals surface area contributed by atoms with Gasteiger partial charge in [-0.25, -0.2) is 0 Å². The van der Waals surface area contributed by atoms with E-state index in [0.717, 1.165) is 10.7 Å². The Morgan fingerprint density at radius 2 is 2.45 bits per heavy atom. The predicted octanol–water partition coefficient (Wildman–Crippen LogP) is 1.12. The molecule has 0 saturated heterocycles. The van der Waals surface area contributed by atoms with E-state index >= 15 is 0 Å². The molecule has 0 spiro atoms. The molecule has 62 valence electrons. The molecule has 0 aromatic carbocycles. The monoisotopic (exact) mass is 173 g/mol. The molecule has 1 aromatic heterocycles. The Hall–Kier alpha value is -0.680. The van der Waals surface area contributed by atoms with Gasteiger partial charge in [-0.1, -0.05) is 4.49 Å². The van der Waals surface area contributed by atoms with Crippen LogP contribution in [0.25, 0.3) is 0 Å². The van der Waals surface area contributed by atoms with Crippen molar-refractivity contribution in [2.75, 3.05) is 19.0 Å². The number of rotatable bonds is 4. The van der Waals surface area contributed by atoms with E-state index in [9.17, 15) is 0 Å². The summed E-state index contributed by atoms with van der Waals surface area (Å²) in [5.41, 5.74) is 0.888. The minimum Gasteiger partial charge on any atom is -0.377 e. The fourth-order valence-corrected chi connectivity index (χ4v) is 1.21. The van der Waals surface area contributed by atoms with E-state index in [2.05, 4.69) is 14.9 Å². The second-order valence-corrected chi connectivity index (χ2v) is 2.69. The molecule has 1 aromatic rings. The van der Waals surface area contributed by atoms with Crippen LogP contribution in [0.5, 0.6) is 0 Å². The van der Waals surface area contributed by atoms with Crippen LogP contribution in [0.3, 0.4) is 0 Å². The van der Waals surface area contributed by atoms with E-state index < -0.39 is 0 Å². The van der Waals surface area contributed by atoms with Gasteiger partial charge in [-0.3, -0.25) is 0 Å². The number of hydrogen-bond acceptors (Lipinski definition) is 5. The Balaban J connectivity index is 2.54. The average molecular weight is 173 g/mol. The molecule has 0 atom stereocenters. The summed E-state index contributed by atoms with van der Waals surface area (Å²) in [6, 6.07) is 0. The maximum atomic E-state index is 5.18. The standard InChI is InChI=1S/C6H11N3OS/c1-3-10-4-5-6(7-2)11-9-8-5/h7H,3-4H2,1-2H3. The third-order valence-corrected chi connectivity index (χ3v) is 2.01. The number of nitrogens with zero attached hydrogens (tertiary/aromatic N) is 2. The van der Waals surface area contributed by atoms with Crippen LogP contribution in [0, 0.1) is 0 Å². The number of nitrogens with one attached hydrogen (secondary N) is 1. The highest BCUT2D eigenvalue weighted by Gasteiger charge is 2.04. The number of hydrogen-bond donors (Lipinski definition) is 1. The summed E-state index contributed by atoms with van der Waals surface area (Å²) in [7, 11) is 1.85. The summed E-state index contributed by atoms with van der Waals surface area (Å²) in [5, 5.41) is 7.89. The second-order valence-electron chi connectivity index (χ2n) is 1.94. The molecule has 1 rings (SSSR count). The summed E-state index contributed by atoms with van der Waals surface area (Å²) < 4.78 is 8.98. The predicted molar refractivity (Wildman–Crippen MR) is 44.8 cm³/mol. The highest BCUT2D eigenvalue weighted by Crippen LogP contribution is 2.16. The van der Waals surface area contributed by atoms with E-state index in [-0.39, 0.29) is 0 Å². The van der Waals surface area contributed by atoms with Crippen molar-refractivity contribution in [3.05, 3.63) is 5.69 Å². The highest BCUT2D eigenvalue weighted by atomic mass is 32.1. The van der Waals surface area contributed by atoms with E-state index in [1.165, 1.54) is 11.5 Å². The molecule has 0 aliphatic carbocycles. The minimum absolute atomic E-state index is 0.545. The molecule has 0 amide bonds. The van der Waals surface area contributed by atoms with Crippen LogP contribution in [-0.4, -0.2) is 23.2 Å². The molecule has 5 heteroatoms. The topological polar surface area (TPSA) is 47.0 Å². The SMILES string of the molecule is CCOCc1nnsc1NC. The lowest BCUT2D eigenvalue weighted by atomic mass is 10.5. The Bertz CT molecular complexity index is 213. The lowest BCUT2D eigenvalue weighted by Gasteiger charge is -1.98. The minimum atomic E-state index is 0.545. The molecule has 0 fully saturated rings. The van der Waals surface area contributed by atoms with Crippen molar-refractivity contribution in [2.45, 2.75) is 13.5 Å². The van der Waals surface area contributed by atoms with Gasteiger partial charge in [0.05, 0.1) is 6.61 Å². The van der Waals surface area contributed by atoms with Gasteiger partial charge < -0.3 is 10.1 Å². The summed E-state index contributed by atoms with van der Waals surface area (Å²) >= 11 is 1.35. The van der Waals surface area contributed by atoms with Crippen molar-refractivity contribution in [3.63, 3.8) is 0 Å². The first-order chi connectivity index (χ1) is 5.38. The molecule has 0 aliphatic heterocycles. The fourth-order valence-electron chi connectivity index (χ4n) is 0.692.